The van der Waals surface area contributed by atoms with E-state index in [4.69, 9.17) is 19.6 Å². The van der Waals surface area contributed by atoms with Crippen LogP contribution in [0.15, 0.2) is 22.7 Å². The number of benzene rings is 1. The third-order valence-electron chi connectivity index (χ3n) is 6.87. The Balaban J connectivity index is 2.00. The Kier molecular flexibility index (Phi) is 5.46. The molecule has 2 saturated heterocycles. The van der Waals surface area contributed by atoms with Crippen molar-refractivity contribution in [1.82, 2.24) is 0 Å². The molecule has 2 aliphatic heterocycles. The van der Waals surface area contributed by atoms with Crippen molar-refractivity contribution in [2.75, 3.05) is 6.61 Å². The van der Waals surface area contributed by atoms with E-state index in [1.807, 2.05) is 13.0 Å². The van der Waals surface area contributed by atoms with Crippen LogP contribution in [-0.2, 0) is 9.47 Å². The summed E-state index contributed by atoms with van der Waals surface area (Å²) in [5.41, 5.74) is -3.19. The van der Waals surface area contributed by atoms with Gasteiger partial charge in [-0.3, -0.25) is 5.41 Å². The molecular formula is C23H23BrN4O3. The standard InChI is InChI=1S/C23H23BrN4O3/c1-2-29-17-9-8-15(24)11-16(17)19-21(12-25,13-26)22(14-27)18-7-5-3-4-6-10-23(18,30-19)31-20(22)28/h8-9,11,18-19,28H,2-7,10H2,1H3. The average molecular weight is 483 g/mol. The van der Waals surface area contributed by atoms with Crippen molar-refractivity contribution in [1.29, 1.82) is 21.2 Å². The molecule has 0 spiro atoms. The van der Waals surface area contributed by atoms with Crippen LogP contribution in [0.3, 0.4) is 0 Å². The van der Waals surface area contributed by atoms with E-state index in [0.717, 1.165) is 30.2 Å². The molecule has 4 atom stereocenters. The number of hydrogen-bond acceptors (Lipinski definition) is 7. The van der Waals surface area contributed by atoms with Crippen molar-refractivity contribution in [2.24, 2.45) is 16.7 Å². The van der Waals surface area contributed by atoms with Gasteiger partial charge < -0.3 is 14.2 Å². The summed E-state index contributed by atoms with van der Waals surface area (Å²) in [6.07, 6.45) is 3.60. The van der Waals surface area contributed by atoms with Gasteiger partial charge in [0.2, 0.25) is 17.1 Å². The largest absolute Gasteiger partial charge is 0.493 e. The van der Waals surface area contributed by atoms with Crippen molar-refractivity contribution >= 4 is 21.8 Å². The van der Waals surface area contributed by atoms with Gasteiger partial charge in [0, 0.05) is 16.5 Å². The fourth-order valence-corrected chi connectivity index (χ4v) is 5.88. The maximum atomic E-state index is 10.5. The summed E-state index contributed by atoms with van der Waals surface area (Å²) in [6.45, 7) is 2.23. The average Bonchev–Trinajstić information content (AvgIpc) is 2.92. The predicted octanol–water partition coefficient (Wildman–Crippen LogP) is 5.14. The predicted molar refractivity (Wildman–Crippen MR) is 114 cm³/mol. The van der Waals surface area contributed by atoms with Gasteiger partial charge in [0.15, 0.2) is 5.41 Å². The molecule has 8 heteroatoms. The van der Waals surface area contributed by atoms with Crippen molar-refractivity contribution in [3.63, 3.8) is 0 Å². The molecular weight excluding hydrogens is 460 g/mol. The molecule has 4 rings (SSSR count). The molecule has 0 aromatic heterocycles. The molecule has 1 aliphatic carbocycles. The number of ether oxygens (including phenoxy) is 3. The van der Waals surface area contributed by atoms with Gasteiger partial charge >= 0.3 is 0 Å². The van der Waals surface area contributed by atoms with E-state index in [1.165, 1.54) is 0 Å². The fourth-order valence-electron chi connectivity index (χ4n) is 5.50. The first kappa shape index (κ1) is 21.6. The summed E-state index contributed by atoms with van der Waals surface area (Å²) in [7, 11) is 0. The van der Waals surface area contributed by atoms with Crippen LogP contribution in [0.2, 0.25) is 0 Å². The highest BCUT2D eigenvalue weighted by Crippen LogP contribution is 2.69. The van der Waals surface area contributed by atoms with Gasteiger partial charge in [0.1, 0.15) is 11.9 Å². The minimum Gasteiger partial charge on any atom is -0.493 e. The monoisotopic (exact) mass is 482 g/mol. The van der Waals surface area contributed by atoms with E-state index >= 15 is 0 Å². The highest BCUT2D eigenvalue weighted by molar-refractivity contribution is 9.10. The molecule has 31 heavy (non-hydrogen) atoms. The molecule has 3 fully saturated rings. The Bertz CT molecular complexity index is 1020. The summed E-state index contributed by atoms with van der Waals surface area (Å²) in [5, 5.41) is 39.9. The topological polar surface area (TPSA) is 123 Å². The lowest BCUT2D eigenvalue weighted by Gasteiger charge is -2.50. The van der Waals surface area contributed by atoms with E-state index < -0.39 is 28.6 Å². The number of hydrogen-bond donors (Lipinski definition) is 1. The Morgan fingerprint density at radius 3 is 2.58 bits per heavy atom. The second-order valence-electron chi connectivity index (χ2n) is 8.31. The van der Waals surface area contributed by atoms with Gasteiger partial charge in [-0.25, -0.2) is 0 Å². The Morgan fingerprint density at radius 1 is 1.16 bits per heavy atom. The summed E-state index contributed by atoms with van der Waals surface area (Å²) < 4.78 is 19.1. The highest BCUT2D eigenvalue weighted by atomic mass is 79.9. The quantitative estimate of drug-likeness (QED) is 0.635. The van der Waals surface area contributed by atoms with Crippen LogP contribution in [-0.4, -0.2) is 18.3 Å². The summed E-state index contributed by atoms with van der Waals surface area (Å²) >= 11 is 3.46. The minimum atomic E-state index is -1.96. The van der Waals surface area contributed by atoms with E-state index in [0.29, 0.717) is 30.8 Å². The molecule has 7 nitrogen and oxygen atoms in total. The summed E-state index contributed by atoms with van der Waals surface area (Å²) in [4.78, 5) is 0. The number of halogens is 1. The molecule has 2 bridgehead atoms. The number of nitriles is 3. The van der Waals surface area contributed by atoms with Crippen molar-refractivity contribution < 1.29 is 14.2 Å². The van der Waals surface area contributed by atoms with Crippen LogP contribution in [0.5, 0.6) is 5.75 Å². The van der Waals surface area contributed by atoms with E-state index in [2.05, 4.69) is 34.1 Å². The van der Waals surface area contributed by atoms with Crippen LogP contribution >= 0.6 is 15.9 Å². The first-order valence-corrected chi connectivity index (χ1v) is 11.4. The van der Waals surface area contributed by atoms with Gasteiger partial charge in [-0.05, 0) is 38.0 Å². The molecule has 3 aliphatic rings. The maximum Gasteiger partial charge on any atom is 0.217 e. The molecule has 1 aromatic rings. The van der Waals surface area contributed by atoms with Crippen LogP contribution < -0.4 is 4.74 Å². The lowest BCUT2D eigenvalue weighted by molar-refractivity contribution is -0.289. The normalized spacial score (nSPS) is 33.5. The third-order valence-corrected chi connectivity index (χ3v) is 7.36. The summed E-state index contributed by atoms with van der Waals surface area (Å²) in [6, 6.07) is 11.8. The SMILES string of the molecule is CCOc1ccc(Br)cc1C1OC23CCCCCCC2C(C#N)(C(=N)O3)C1(C#N)C#N. The zero-order valence-electron chi connectivity index (χ0n) is 17.3. The smallest absolute Gasteiger partial charge is 0.217 e. The van der Waals surface area contributed by atoms with Crippen LogP contribution in [0.1, 0.15) is 57.1 Å². The number of nitrogens with one attached hydrogen (secondary N) is 1. The maximum absolute atomic E-state index is 10.5. The number of rotatable bonds is 3. The van der Waals surface area contributed by atoms with Gasteiger partial charge in [-0.15, -0.1) is 0 Å². The first-order chi connectivity index (χ1) is 14.9. The minimum absolute atomic E-state index is 0.333. The van der Waals surface area contributed by atoms with Gasteiger partial charge in [-0.1, -0.05) is 35.2 Å². The van der Waals surface area contributed by atoms with E-state index in [1.54, 1.807) is 12.1 Å². The zero-order valence-corrected chi connectivity index (χ0v) is 18.9. The molecule has 1 N–H and O–H groups in total. The fraction of sp³-hybridized carbons (Fsp3) is 0.565. The molecule has 2 heterocycles. The molecule has 4 unspecified atom stereocenters. The Morgan fingerprint density at radius 2 is 1.90 bits per heavy atom. The van der Waals surface area contributed by atoms with Crippen molar-refractivity contribution in [3.8, 4) is 24.0 Å². The molecule has 1 aromatic carbocycles. The van der Waals surface area contributed by atoms with Gasteiger partial charge in [0.05, 0.1) is 30.7 Å². The van der Waals surface area contributed by atoms with E-state index in [9.17, 15) is 15.8 Å². The molecule has 0 amide bonds. The van der Waals surface area contributed by atoms with Gasteiger partial charge in [-0.2, -0.15) is 15.8 Å². The second kappa shape index (κ2) is 7.83. The van der Waals surface area contributed by atoms with Crippen molar-refractivity contribution in [3.05, 3.63) is 28.2 Å². The van der Waals surface area contributed by atoms with Gasteiger partial charge in [0.25, 0.3) is 0 Å². The molecule has 1 saturated carbocycles. The van der Waals surface area contributed by atoms with Crippen molar-refractivity contribution in [2.45, 2.75) is 57.3 Å². The van der Waals surface area contributed by atoms with E-state index in [-0.39, 0.29) is 5.90 Å². The number of nitrogens with zero attached hydrogens (tertiary/aromatic N) is 3. The zero-order chi connectivity index (χ0) is 22.3. The Hall–Kier alpha value is -2.60. The third kappa shape index (κ3) is 2.80. The second-order valence-corrected chi connectivity index (χ2v) is 9.23. The lowest BCUT2D eigenvalue weighted by atomic mass is 9.52. The Labute approximate surface area is 190 Å². The summed E-state index contributed by atoms with van der Waals surface area (Å²) in [5.74, 6) is -1.62. The van der Waals surface area contributed by atoms with Crippen LogP contribution in [0.4, 0.5) is 0 Å². The van der Waals surface area contributed by atoms with Crippen LogP contribution in [0, 0.1) is 56.2 Å². The lowest BCUT2D eigenvalue weighted by Crippen LogP contribution is -2.59. The van der Waals surface area contributed by atoms with Crippen LogP contribution in [0.25, 0.3) is 0 Å². The highest BCUT2D eigenvalue weighted by Gasteiger charge is 2.80. The molecule has 160 valence electrons. The molecule has 0 radical (unpaired) electrons. The first-order valence-electron chi connectivity index (χ1n) is 10.6.